The molecule has 1 saturated heterocycles. The number of benzene rings is 1. The lowest BCUT2D eigenvalue weighted by molar-refractivity contribution is -0.0151. The van der Waals surface area contributed by atoms with Crippen LogP contribution in [0.15, 0.2) is 18.2 Å². The molecule has 120 valence electrons. The second-order valence-electron chi connectivity index (χ2n) is 8.78. The molecule has 0 spiro atoms. The Kier molecular flexibility index (Phi) is 3.41. The van der Waals surface area contributed by atoms with Crippen molar-refractivity contribution in [2.75, 3.05) is 13.1 Å². The Morgan fingerprint density at radius 2 is 1.68 bits per heavy atom. The van der Waals surface area contributed by atoms with Crippen molar-refractivity contribution in [2.45, 2.75) is 65.1 Å². The first-order chi connectivity index (χ1) is 10.1. The maximum absolute atomic E-state index is 12.7. The Morgan fingerprint density at radius 3 is 2.23 bits per heavy atom. The Balaban J connectivity index is 1.75. The monoisotopic (exact) mass is 300 g/mol. The zero-order valence-electron chi connectivity index (χ0n) is 14.7. The predicted molar refractivity (Wildman–Crippen MR) is 90.1 cm³/mol. The molecule has 3 nitrogen and oxygen atoms in total. The highest BCUT2D eigenvalue weighted by atomic mass is 16.2. The third kappa shape index (κ3) is 2.56. The number of carbonyl (C=O) groups is 1. The first kappa shape index (κ1) is 15.5. The number of amides is 1. The summed E-state index contributed by atoms with van der Waals surface area (Å²) in [6.07, 6.45) is 0. The van der Waals surface area contributed by atoms with Crippen molar-refractivity contribution in [1.82, 2.24) is 9.80 Å². The number of nitrogens with zero attached hydrogens (tertiary/aromatic N) is 2. The number of carbonyl (C=O) groups excluding carboxylic acids is 1. The van der Waals surface area contributed by atoms with E-state index in [2.05, 4.69) is 63.5 Å². The summed E-state index contributed by atoms with van der Waals surface area (Å²) in [5, 5.41) is 0. The van der Waals surface area contributed by atoms with Crippen LogP contribution in [-0.2, 0) is 12.0 Å². The molecular weight excluding hydrogens is 272 g/mol. The van der Waals surface area contributed by atoms with E-state index < -0.39 is 0 Å². The Labute approximate surface area is 134 Å². The van der Waals surface area contributed by atoms with Gasteiger partial charge in [0.15, 0.2) is 0 Å². The van der Waals surface area contributed by atoms with Gasteiger partial charge in [0.25, 0.3) is 5.91 Å². The van der Waals surface area contributed by atoms with E-state index in [1.807, 2.05) is 6.07 Å². The van der Waals surface area contributed by atoms with Crippen LogP contribution in [0.5, 0.6) is 0 Å². The van der Waals surface area contributed by atoms with Crippen LogP contribution in [0.4, 0.5) is 0 Å². The number of rotatable bonds is 1. The fourth-order valence-corrected chi connectivity index (χ4v) is 3.30. The summed E-state index contributed by atoms with van der Waals surface area (Å²) in [7, 11) is 0. The third-order valence-electron chi connectivity index (χ3n) is 5.05. The third-order valence-corrected chi connectivity index (χ3v) is 5.05. The van der Waals surface area contributed by atoms with Crippen molar-refractivity contribution in [2.24, 2.45) is 0 Å². The van der Waals surface area contributed by atoms with Crippen LogP contribution in [0.25, 0.3) is 0 Å². The molecule has 0 saturated carbocycles. The molecule has 2 aliphatic heterocycles. The molecule has 0 unspecified atom stereocenters. The van der Waals surface area contributed by atoms with Gasteiger partial charge in [-0.25, -0.2) is 0 Å². The number of likely N-dealkylation sites (tertiary alicyclic amines) is 1. The number of hydrogen-bond acceptors (Lipinski definition) is 2. The highest BCUT2D eigenvalue weighted by molar-refractivity contribution is 5.98. The molecule has 1 aromatic rings. The molecule has 0 bridgehead atoms. The number of fused-ring (bicyclic) bond motifs is 1. The van der Waals surface area contributed by atoms with Gasteiger partial charge >= 0.3 is 0 Å². The summed E-state index contributed by atoms with van der Waals surface area (Å²) in [6, 6.07) is 6.74. The molecule has 0 aliphatic carbocycles. The van der Waals surface area contributed by atoms with Crippen molar-refractivity contribution in [3.05, 3.63) is 34.9 Å². The molecule has 0 atom stereocenters. The SMILES string of the molecule is CC(C)(C)c1ccc2c(c1)CN(C1CN(C(C)(C)C)C1)C2=O. The largest absolute Gasteiger partial charge is 0.329 e. The zero-order chi connectivity index (χ0) is 16.3. The smallest absolute Gasteiger partial charge is 0.254 e. The van der Waals surface area contributed by atoms with Gasteiger partial charge in [-0.1, -0.05) is 32.9 Å². The van der Waals surface area contributed by atoms with Crippen LogP contribution in [0.3, 0.4) is 0 Å². The first-order valence-corrected chi connectivity index (χ1v) is 8.27. The minimum absolute atomic E-state index is 0.130. The van der Waals surface area contributed by atoms with E-state index in [-0.39, 0.29) is 16.9 Å². The van der Waals surface area contributed by atoms with Crippen LogP contribution >= 0.6 is 0 Å². The van der Waals surface area contributed by atoms with Crippen molar-refractivity contribution < 1.29 is 4.79 Å². The van der Waals surface area contributed by atoms with Gasteiger partial charge in [-0.15, -0.1) is 0 Å². The quantitative estimate of drug-likeness (QED) is 0.793. The molecule has 1 fully saturated rings. The van der Waals surface area contributed by atoms with Gasteiger partial charge < -0.3 is 4.90 Å². The van der Waals surface area contributed by atoms with Gasteiger partial charge in [0.05, 0.1) is 6.04 Å². The van der Waals surface area contributed by atoms with Crippen LogP contribution in [0, 0.1) is 0 Å². The van der Waals surface area contributed by atoms with Crippen molar-refractivity contribution >= 4 is 5.91 Å². The van der Waals surface area contributed by atoms with Crippen molar-refractivity contribution in [3.63, 3.8) is 0 Å². The van der Waals surface area contributed by atoms with Gasteiger partial charge in [0, 0.05) is 30.7 Å². The minimum Gasteiger partial charge on any atom is -0.329 e. The molecule has 0 aromatic heterocycles. The second kappa shape index (κ2) is 4.82. The normalized spacial score (nSPS) is 20.3. The molecule has 2 aliphatic rings. The lowest BCUT2D eigenvalue weighted by Gasteiger charge is -2.50. The fraction of sp³-hybridized carbons (Fsp3) is 0.632. The molecule has 0 N–H and O–H groups in total. The summed E-state index contributed by atoms with van der Waals surface area (Å²) in [6.45, 7) is 16.1. The summed E-state index contributed by atoms with van der Waals surface area (Å²) < 4.78 is 0. The van der Waals surface area contributed by atoms with Crippen molar-refractivity contribution in [3.8, 4) is 0 Å². The molecule has 3 rings (SSSR count). The standard InChI is InChI=1S/C19H28N2O/c1-18(2,3)14-7-8-16-13(9-14)10-21(17(16)22)15-11-20(12-15)19(4,5)6/h7-9,15H,10-12H2,1-6H3. The summed E-state index contributed by atoms with van der Waals surface area (Å²) in [4.78, 5) is 17.2. The van der Waals surface area contributed by atoms with Gasteiger partial charge in [-0.3, -0.25) is 9.69 Å². The molecule has 22 heavy (non-hydrogen) atoms. The molecule has 3 heteroatoms. The Morgan fingerprint density at radius 1 is 1.05 bits per heavy atom. The van der Waals surface area contributed by atoms with E-state index in [4.69, 9.17) is 0 Å². The van der Waals surface area contributed by atoms with Crippen molar-refractivity contribution in [1.29, 1.82) is 0 Å². The maximum atomic E-state index is 12.7. The van der Waals surface area contributed by atoms with Gasteiger partial charge in [-0.2, -0.15) is 0 Å². The molecular formula is C19H28N2O. The first-order valence-electron chi connectivity index (χ1n) is 8.27. The maximum Gasteiger partial charge on any atom is 0.254 e. The average Bonchev–Trinajstić information content (AvgIpc) is 2.62. The molecule has 1 aromatic carbocycles. The topological polar surface area (TPSA) is 23.6 Å². The van der Waals surface area contributed by atoms with Crippen LogP contribution in [0.2, 0.25) is 0 Å². The lowest BCUT2D eigenvalue weighted by Crippen LogP contribution is -2.64. The van der Waals surface area contributed by atoms with Gasteiger partial charge in [-0.05, 0) is 43.4 Å². The Hall–Kier alpha value is -1.35. The lowest BCUT2D eigenvalue weighted by atomic mass is 9.85. The van der Waals surface area contributed by atoms with Crippen LogP contribution < -0.4 is 0 Å². The van der Waals surface area contributed by atoms with E-state index >= 15 is 0 Å². The fourth-order valence-electron chi connectivity index (χ4n) is 3.30. The van der Waals surface area contributed by atoms with E-state index in [0.29, 0.717) is 6.04 Å². The second-order valence-corrected chi connectivity index (χ2v) is 8.78. The molecule has 2 heterocycles. The van der Waals surface area contributed by atoms with E-state index in [1.165, 1.54) is 11.1 Å². The average molecular weight is 300 g/mol. The van der Waals surface area contributed by atoms with Gasteiger partial charge in [0.1, 0.15) is 0 Å². The molecule has 1 amide bonds. The summed E-state index contributed by atoms with van der Waals surface area (Å²) in [5.41, 5.74) is 3.75. The van der Waals surface area contributed by atoms with Gasteiger partial charge in [0.2, 0.25) is 0 Å². The predicted octanol–water partition coefficient (Wildman–Crippen LogP) is 3.42. The van der Waals surface area contributed by atoms with E-state index in [0.717, 1.165) is 25.2 Å². The zero-order valence-corrected chi connectivity index (χ0v) is 14.7. The van der Waals surface area contributed by atoms with Crippen LogP contribution in [0.1, 0.15) is 63.0 Å². The summed E-state index contributed by atoms with van der Waals surface area (Å²) in [5.74, 6) is 0.217. The highest BCUT2D eigenvalue weighted by Gasteiger charge is 2.42. The van der Waals surface area contributed by atoms with Crippen LogP contribution in [-0.4, -0.2) is 40.4 Å². The van der Waals surface area contributed by atoms with E-state index in [1.54, 1.807) is 0 Å². The Bertz CT molecular complexity index is 601. The van der Waals surface area contributed by atoms with E-state index in [9.17, 15) is 4.79 Å². The summed E-state index contributed by atoms with van der Waals surface area (Å²) >= 11 is 0. The molecule has 0 radical (unpaired) electrons. The number of hydrogen-bond donors (Lipinski definition) is 0. The highest BCUT2D eigenvalue weighted by Crippen LogP contribution is 2.33. The minimum atomic E-state index is 0.130.